The van der Waals surface area contributed by atoms with Crippen LogP contribution in [0.15, 0.2) is 18.5 Å². The molecule has 84 valence electrons. The highest BCUT2D eigenvalue weighted by molar-refractivity contribution is 5.14. The van der Waals surface area contributed by atoms with E-state index in [1.54, 1.807) is 6.20 Å². The Labute approximate surface area is 90.9 Å². The molecular weight excluding hydrogens is 191 g/mol. The molecule has 1 heterocycles. The molecule has 0 bridgehead atoms. The topological polar surface area (TPSA) is 24.9 Å². The molecule has 1 N–H and O–H groups in total. The van der Waals surface area contributed by atoms with Gasteiger partial charge in [0.05, 0.1) is 6.20 Å². The lowest BCUT2D eigenvalue weighted by atomic mass is 9.99. The SMILES string of the molecule is CCC(C)(C)NC(C)c1cncc(F)c1. The maximum absolute atomic E-state index is 13.0. The van der Waals surface area contributed by atoms with Gasteiger partial charge >= 0.3 is 0 Å². The van der Waals surface area contributed by atoms with Crippen molar-refractivity contribution in [3.8, 4) is 0 Å². The van der Waals surface area contributed by atoms with Crippen molar-refractivity contribution in [1.29, 1.82) is 0 Å². The zero-order chi connectivity index (χ0) is 11.5. The highest BCUT2D eigenvalue weighted by Crippen LogP contribution is 2.18. The lowest BCUT2D eigenvalue weighted by molar-refractivity contribution is 0.337. The summed E-state index contributed by atoms with van der Waals surface area (Å²) in [6, 6.07) is 1.64. The van der Waals surface area contributed by atoms with Crippen LogP contribution in [-0.2, 0) is 0 Å². The highest BCUT2D eigenvalue weighted by atomic mass is 19.1. The lowest BCUT2D eigenvalue weighted by Gasteiger charge is -2.29. The van der Waals surface area contributed by atoms with E-state index < -0.39 is 0 Å². The first-order valence-corrected chi connectivity index (χ1v) is 5.33. The summed E-state index contributed by atoms with van der Waals surface area (Å²) in [5.74, 6) is -0.282. The van der Waals surface area contributed by atoms with Gasteiger partial charge in [0.25, 0.3) is 0 Å². The van der Waals surface area contributed by atoms with Gasteiger partial charge in [0.15, 0.2) is 0 Å². The first-order valence-electron chi connectivity index (χ1n) is 5.33. The van der Waals surface area contributed by atoms with E-state index >= 15 is 0 Å². The fourth-order valence-corrected chi connectivity index (χ4v) is 1.44. The van der Waals surface area contributed by atoms with Gasteiger partial charge in [-0.05, 0) is 38.8 Å². The summed E-state index contributed by atoms with van der Waals surface area (Å²) in [5, 5.41) is 3.44. The third kappa shape index (κ3) is 3.59. The van der Waals surface area contributed by atoms with Gasteiger partial charge in [0.1, 0.15) is 5.82 Å². The summed E-state index contributed by atoms with van der Waals surface area (Å²) in [4.78, 5) is 3.85. The summed E-state index contributed by atoms with van der Waals surface area (Å²) in [5.41, 5.74) is 0.947. The number of nitrogens with zero attached hydrogens (tertiary/aromatic N) is 1. The molecule has 1 aromatic heterocycles. The Balaban J connectivity index is 2.73. The fourth-order valence-electron chi connectivity index (χ4n) is 1.44. The van der Waals surface area contributed by atoms with E-state index in [0.717, 1.165) is 12.0 Å². The minimum atomic E-state index is -0.282. The standard InChI is InChI=1S/C12H19FN2/c1-5-12(3,4)15-9(2)10-6-11(13)8-14-7-10/h6-9,15H,5H2,1-4H3. The Bertz CT molecular complexity index is 323. The molecule has 0 saturated carbocycles. The number of pyridine rings is 1. The molecule has 1 rings (SSSR count). The minimum Gasteiger partial charge on any atom is -0.305 e. The molecule has 0 fully saturated rings. The van der Waals surface area contributed by atoms with Crippen molar-refractivity contribution >= 4 is 0 Å². The molecular formula is C12H19FN2. The Hall–Kier alpha value is -0.960. The van der Waals surface area contributed by atoms with Crippen molar-refractivity contribution in [3.63, 3.8) is 0 Å². The molecule has 0 saturated heterocycles. The van der Waals surface area contributed by atoms with Crippen molar-refractivity contribution < 1.29 is 4.39 Å². The van der Waals surface area contributed by atoms with Crippen molar-refractivity contribution in [3.05, 3.63) is 29.8 Å². The number of hydrogen-bond donors (Lipinski definition) is 1. The van der Waals surface area contributed by atoms with Crippen LogP contribution in [-0.4, -0.2) is 10.5 Å². The number of nitrogens with one attached hydrogen (secondary N) is 1. The van der Waals surface area contributed by atoms with Crippen molar-refractivity contribution in [2.75, 3.05) is 0 Å². The van der Waals surface area contributed by atoms with Crippen LogP contribution >= 0.6 is 0 Å². The first-order chi connectivity index (χ1) is 6.94. The number of aromatic nitrogens is 1. The Morgan fingerprint density at radius 1 is 1.47 bits per heavy atom. The number of hydrogen-bond acceptors (Lipinski definition) is 2. The van der Waals surface area contributed by atoms with Gasteiger partial charge in [0.2, 0.25) is 0 Å². The van der Waals surface area contributed by atoms with Crippen LogP contribution in [0, 0.1) is 5.82 Å². The number of rotatable bonds is 4. The molecule has 0 spiro atoms. The van der Waals surface area contributed by atoms with Crippen LogP contribution in [0.1, 0.15) is 45.7 Å². The summed E-state index contributed by atoms with van der Waals surface area (Å²) in [7, 11) is 0. The molecule has 0 radical (unpaired) electrons. The highest BCUT2D eigenvalue weighted by Gasteiger charge is 2.18. The second kappa shape index (κ2) is 4.71. The molecule has 0 amide bonds. The Kier molecular flexibility index (Phi) is 3.80. The maximum Gasteiger partial charge on any atom is 0.141 e. The van der Waals surface area contributed by atoms with Gasteiger partial charge in [-0.25, -0.2) is 4.39 Å². The zero-order valence-electron chi connectivity index (χ0n) is 9.84. The zero-order valence-corrected chi connectivity index (χ0v) is 9.84. The van der Waals surface area contributed by atoms with E-state index in [4.69, 9.17) is 0 Å². The molecule has 2 nitrogen and oxygen atoms in total. The van der Waals surface area contributed by atoms with E-state index in [-0.39, 0.29) is 17.4 Å². The smallest absolute Gasteiger partial charge is 0.141 e. The molecule has 1 unspecified atom stereocenters. The van der Waals surface area contributed by atoms with Crippen LogP contribution < -0.4 is 5.32 Å². The van der Waals surface area contributed by atoms with Gasteiger partial charge in [-0.3, -0.25) is 4.98 Å². The van der Waals surface area contributed by atoms with E-state index in [9.17, 15) is 4.39 Å². The van der Waals surface area contributed by atoms with Crippen LogP contribution in [0.4, 0.5) is 4.39 Å². The second-order valence-corrected chi connectivity index (χ2v) is 4.54. The van der Waals surface area contributed by atoms with E-state index in [1.807, 2.05) is 6.92 Å². The van der Waals surface area contributed by atoms with Crippen molar-refractivity contribution in [2.45, 2.75) is 45.7 Å². The third-order valence-electron chi connectivity index (χ3n) is 2.72. The molecule has 0 aliphatic heterocycles. The van der Waals surface area contributed by atoms with Gasteiger partial charge in [-0.15, -0.1) is 0 Å². The summed E-state index contributed by atoms with van der Waals surface area (Å²) < 4.78 is 13.0. The molecule has 1 aromatic rings. The third-order valence-corrected chi connectivity index (χ3v) is 2.72. The van der Waals surface area contributed by atoms with Crippen LogP contribution in [0.2, 0.25) is 0 Å². The van der Waals surface area contributed by atoms with Gasteiger partial charge in [-0.1, -0.05) is 6.92 Å². The minimum absolute atomic E-state index is 0.0612. The first kappa shape index (κ1) is 12.1. The van der Waals surface area contributed by atoms with E-state index in [0.29, 0.717) is 0 Å². The van der Waals surface area contributed by atoms with Gasteiger partial charge in [0, 0.05) is 17.8 Å². The summed E-state index contributed by atoms with van der Waals surface area (Å²) >= 11 is 0. The molecule has 3 heteroatoms. The fraction of sp³-hybridized carbons (Fsp3) is 0.583. The molecule has 1 atom stereocenters. The average molecular weight is 210 g/mol. The molecule has 0 aromatic carbocycles. The predicted molar refractivity (Wildman–Crippen MR) is 60.1 cm³/mol. The Morgan fingerprint density at radius 3 is 2.67 bits per heavy atom. The van der Waals surface area contributed by atoms with Crippen LogP contribution in [0.25, 0.3) is 0 Å². The summed E-state index contributed by atoms with van der Waals surface area (Å²) in [6.45, 7) is 8.42. The van der Waals surface area contributed by atoms with Crippen LogP contribution in [0.5, 0.6) is 0 Å². The molecule has 0 aliphatic carbocycles. The second-order valence-electron chi connectivity index (χ2n) is 4.54. The van der Waals surface area contributed by atoms with Crippen molar-refractivity contribution in [2.24, 2.45) is 0 Å². The lowest BCUT2D eigenvalue weighted by Crippen LogP contribution is -2.40. The van der Waals surface area contributed by atoms with Crippen molar-refractivity contribution in [1.82, 2.24) is 10.3 Å². The van der Waals surface area contributed by atoms with Gasteiger partial charge in [-0.2, -0.15) is 0 Å². The molecule has 15 heavy (non-hydrogen) atoms. The van der Waals surface area contributed by atoms with Gasteiger partial charge < -0.3 is 5.32 Å². The monoisotopic (exact) mass is 210 g/mol. The quantitative estimate of drug-likeness (QED) is 0.826. The largest absolute Gasteiger partial charge is 0.305 e. The summed E-state index contributed by atoms with van der Waals surface area (Å²) in [6.07, 6.45) is 3.95. The Morgan fingerprint density at radius 2 is 2.13 bits per heavy atom. The number of halogens is 1. The molecule has 0 aliphatic rings. The van der Waals surface area contributed by atoms with E-state index in [2.05, 4.69) is 31.1 Å². The average Bonchev–Trinajstić information content (AvgIpc) is 2.17. The van der Waals surface area contributed by atoms with Crippen LogP contribution in [0.3, 0.4) is 0 Å². The normalized spacial score (nSPS) is 13.9. The maximum atomic E-state index is 13.0. The predicted octanol–water partition coefficient (Wildman–Crippen LogP) is 3.06. The van der Waals surface area contributed by atoms with E-state index in [1.165, 1.54) is 12.3 Å².